The van der Waals surface area contributed by atoms with Crippen molar-refractivity contribution in [3.63, 3.8) is 0 Å². The van der Waals surface area contributed by atoms with Gasteiger partial charge in [0.1, 0.15) is 5.69 Å². The predicted octanol–water partition coefficient (Wildman–Crippen LogP) is 5.58. The molecule has 4 heterocycles. The predicted molar refractivity (Wildman–Crippen MR) is 121 cm³/mol. The molecule has 0 spiro atoms. The van der Waals surface area contributed by atoms with Crippen LogP contribution in [0.1, 0.15) is 55.8 Å². The van der Waals surface area contributed by atoms with Gasteiger partial charge in [-0.05, 0) is 55.4 Å². The molecular formula is C23H23N5O2S. The number of nitrogens with zero attached hydrogens (tertiary/aromatic N) is 3. The van der Waals surface area contributed by atoms with Gasteiger partial charge in [0, 0.05) is 23.4 Å². The van der Waals surface area contributed by atoms with Crippen LogP contribution in [0.5, 0.6) is 0 Å². The van der Waals surface area contributed by atoms with Crippen molar-refractivity contribution in [1.29, 1.82) is 0 Å². The van der Waals surface area contributed by atoms with Crippen molar-refractivity contribution in [3.05, 3.63) is 41.7 Å². The van der Waals surface area contributed by atoms with Crippen LogP contribution in [-0.2, 0) is 0 Å². The van der Waals surface area contributed by atoms with Crippen LogP contribution >= 0.6 is 11.3 Å². The van der Waals surface area contributed by atoms with Gasteiger partial charge in [0.15, 0.2) is 5.82 Å². The first-order chi connectivity index (χ1) is 15.2. The van der Waals surface area contributed by atoms with E-state index in [1.54, 1.807) is 11.3 Å². The number of aromatic amines is 2. The van der Waals surface area contributed by atoms with Crippen molar-refractivity contribution in [2.24, 2.45) is 0 Å². The van der Waals surface area contributed by atoms with Crippen molar-refractivity contribution in [3.8, 4) is 22.2 Å². The molecule has 1 aromatic carbocycles. The molecule has 0 bridgehead atoms. The highest BCUT2D eigenvalue weighted by atomic mass is 32.1. The fourth-order valence-electron chi connectivity index (χ4n) is 4.24. The number of fused-ring (bicyclic) bond motifs is 2. The number of hydrogen-bond donors (Lipinski definition) is 3. The first kappa shape index (κ1) is 18.8. The molecule has 1 fully saturated rings. The lowest BCUT2D eigenvalue weighted by molar-refractivity contribution is 0.274. The first-order valence-corrected chi connectivity index (χ1v) is 11.6. The van der Waals surface area contributed by atoms with Gasteiger partial charge < -0.3 is 14.6 Å². The minimum atomic E-state index is 0.209. The molecule has 0 saturated heterocycles. The number of aromatic nitrogens is 5. The number of aliphatic hydroxyl groups is 1. The summed E-state index contributed by atoms with van der Waals surface area (Å²) in [5.41, 5.74) is 5.18. The summed E-state index contributed by atoms with van der Waals surface area (Å²) in [4.78, 5) is 9.07. The maximum atomic E-state index is 9.35. The molecule has 4 aromatic heterocycles. The maximum Gasteiger partial charge on any atom is 0.268 e. The highest BCUT2D eigenvalue weighted by molar-refractivity contribution is 7.22. The Morgan fingerprint density at radius 2 is 2.13 bits per heavy atom. The lowest BCUT2D eigenvalue weighted by Crippen LogP contribution is -2.00. The molecule has 1 atom stereocenters. The fourth-order valence-corrected chi connectivity index (χ4v) is 5.27. The second kappa shape index (κ2) is 7.32. The topological polar surface area (TPSA) is 104 Å². The molecular weight excluding hydrogens is 410 g/mol. The van der Waals surface area contributed by atoms with E-state index in [0.717, 1.165) is 68.9 Å². The second-order valence-corrected chi connectivity index (χ2v) is 9.36. The van der Waals surface area contributed by atoms with E-state index in [-0.39, 0.29) is 6.61 Å². The third kappa shape index (κ3) is 3.26. The Morgan fingerprint density at radius 3 is 2.94 bits per heavy atom. The van der Waals surface area contributed by atoms with Gasteiger partial charge in [0.25, 0.3) is 5.89 Å². The third-order valence-electron chi connectivity index (χ3n) is 6.17. The molecule has 0 amide bonds. The zero-order valence-electron chi connectivity index (χ0n) is 17.2. The van der Waals surface area contributed by atoms with Crippen molar-refractivity contribution in [2.45, 2.75) is 44.4 Å². The maximum absolute atomic E-state index is 9.35. The van der Waals surface area contributed by atoms with E-state index in [1.165, 1.54) is 5.56 Å². The first-order valence-electron chi connectivity index (χ1n) is 10.8. The largest absolute Gasteiger partial charge is 0.396 e. The molecule has 6 rings (SSSR count). The minimum absolute atomic E-state index is 0.209. The van der Waals surface area contributed by atoms with E-state index < -0.39 is 0 Å². The molecule has 1 aliphatic rings. The zero-order valence-corrected chi connectivity index (χ0v) is 18.0. The van der Waals surface area contributed by atoms with Gasteiger partial charge in [-0.1, -0.05) is 24.2 Å². The lowest BCUT2D eigenvalue weighted by atomic mass is 9.93. The SMILES string of the molecule is CCC(CCO)c1ccc2cc(-c3n[nH]c4cc(-c5nc(C6CC6)no5)sc34)[nH]c2c1. The van der Waals surface area contributed by atoms with Gasteiger partial charge in [-0.15, -0.1) is 11.3 Å². The number of H-pyrrole nitrogens is 2. The molecule has 158 valence electrons. The second-order valence-electron chi connectivity index (χ2n) is 8.30. The smallest absolute Gasteiger partial charge is 0.268 e. The number of aliphatic hydroxyl groups excluding tert-OH is 1. The van der Waals surface area contributed by atoms with E-state index in [0.29, 0.717) is 17.7 Å². The summed E-state index contributed by atoms with van der Waals surface area (Å²) in [6.07, 6.45) is 4.10. The van der Waals surface area contributed by atoms with Crippen LogP contribution in [0.3, 0.4) is 0 Å². The van der Waals surface area contributed by atoms with Crippen molar-refractivity contribution in [2.75, 3.05) is 6.61 Å². The Kier molecular flexibility index (Phi) is 4.43. The molecule has 7 nitrogen and oxygen atoms in total. The number of nitrogens with one attached hydrogen (secondary N) is 2. The van der Waals surface area contributed by atoms with E-state index in [9.17, 15) is 5.11 Å². The van der Waals surface area contributed by atoms with Crippen LogP contribution in [0.25, 0.3) is 43.3 Å². The molecule has 0 aliphatic heterocycles. The van der Waals surface area contributed by atoms with Gasteiger partial charge in [0.05, 0.1) is 20.8 Å². The van der Waals surface area contributed by atoms with Gasteiger partial charge in [0.2, 0.25) is 0 Å². The summed E-state index contributed by atoms with van der Waals surface area (Å²) in [5.74, 6) is 2.25. The normalized spacial score (nSPS) is 15.3. The van der Waals surface area contributed by atoms with E-state index in [4.69, 9.17) is 4.52 Å². The Hall–Kier alpha value is -2.97. The number of rotatable bonds is 7. The summed E-state index contributed by atoms with van der Waals surface area (Å²) in [6.45, 7) is 2.37. The van der Waals surface area contributed by atoms with E-state index in [1.807, 2.05) is 6.07 Å². The average Bonchev–Trinajstić information content (AvgIpc) is 3.16. The minimum Gasteiger partial charge on any atom is -0.396 e. The van der Waals surface area contributed by atoms with E-state index >= 15 is 0 Å². The Bertz CT molecular complexity index is 1370. The summed E-state index contributed by atoms with van der Waals surface area (Å²) in [6, 6.07) is 10.7. The van der Waals surface area contributed by atoms with Crippen LogP contribution in [0.4, 0.5) is 0 Å². The van der Waals surface area contributed by atoms with Crippen LogP contribution in [-0.4, -0.2) is 37.0 Å². The highest BCUT2D eigenvalue weighted by Gasteiger charge is 2.29. The van der Waals surface area contributed by atoms with Crippen molar-refractivity contribution in [1.82, 2.24) is 25.3 Å². The molecule has 1 unspecified atom stereocenters. The lowest BCUT2D eigenvalue weighted by Gasteiger charge is -2.13. The van der Waals surface area contributed by atoms with Gasteiger partial charge in [-0.2, -0.15) is 10.1 Å². The summed E-state index contributed by atoms with van der Waals surface area (Å²) < 4.78 is 6.57. The molecule has 3 N–H and O–H groups in total. The van der Waals surface area contributed by atoms with Crippen LogP contribution in [0.15, 0.2) is 34.9 Å². The Morgan fingerprint density at radius 1 is 1.23 bits per heavy atom. The third-order valence-corrected chi connectivity index (χ3v) is 7.30. The molecule has 5 aromatic rings. The molecule has 0 radical (unpaired) electrons. The monoisotopic (exact) mass is 433 g/mol. The molecule has 31 heavy (non-hydrogen) atoms. The zero-order chi connectivity index (χ0) is 20.9. The van der Waals surface area contributed by atoms with Crippen LogP contribution in [0.2, 0.25) is 0 Å². The highest BCUT2D eigenvalue weighted by Crippen LogP contribution is 2.41. The standard InChI is InChI=1S/C23H23N5O2S/c1-2-12(7-8-29)14-5-6-15-10-17(24-16(15)9-14)20-21-18(26-27-20)11-19(31-21)23-25-22(28-30-23)13-3-4-13/h5-6,9-13,24,29H,2-4,7-8H2,1H3,(H,26,27). The van der Waals surface area contributed by atoms with Crippen LogP contribution in [0, 0.1) is 0 Å². The summed E-state index contributed by atoms with van der Waals surface area (Å²) in [7, 11) is 0. The number of thiophene rings is 1. The van der Waals surface area contributed by atoms with Crippen molar-refractivity contribution < 1.29 is 9.63 Å². The van der Waals surface area contributed by atoms with Gasteiger partial charge >= 0.3 is 0 Å². The van der Waals surface area contributed by atoms with Crippen LogP contribution < -0.4 is 0 Å². The van der Waals surface area contributed by atoms with Gasteiger partial charge in [-0.25, -0.2) is 0 Å². The average molecular weight is 434 g/mol. The van der Waals surface area contributed by atoms with Gasteiger partial charge in [-0.3, -0.25) is 5.10 Å². The molecule has 8 heteroatoms. The number of hydrogen-bond acceptors (Lipinski definition) is 6. The number of benzene rings is 1. The summed E-state index contributed by atoms with van der Waals surface area (Å²) >= 11 is 1.61. The summed E-state index contributed by atoms with van der Waals surface area (Å²) in [5, 5.41) is 22.3. The Balaban J connectivity index is 1.36. The molecule has 1 aliphatic carbocycles. The van der Waals surface area contributed by atoms with E-state index in [2.05, 4.69) is 56.5 Å². The fraction of sp³-hybridized carbons (Fsp3) is 0.348. The van der Waals surface area contributed by atoms with Crippen molar-refractivity contribution >= 4 is 32.5 Å². The molecule has 1 saturated carbocycles. The Labute approximate surface area is 182 Å². The quantitative estimate of drug-likeness (QED) is 0.311.